The van der Waals surface area contributed by atoms with E-state index in [9.17, 15) is 4.79 Å². The highest BCUT2D eigenvalue weighted by Crippen LogP contribution is 2.32. The van der Waals surface area contributed by atoms with E-state index >= 15 is 0 Å². The SMILES string of the molecule is CC(C)n1ncc(Br)c1C(=O)c1cc2c(s1)CCCCC2. The van der Waals surface area contributed by atoms with Crippen molar-refractivity contribution >= 4 is 33.0 Å². The van der Waals surface area contributed by atoms with Gasteiger partial charge in [-0.3, -0.25) is 9.48 Å². The van der Waals surface area contributed by atoms with Crippen LogP contribution in [-0.4, -0.2) is 15.6 Å². The third-order valence-corrected chi connectivity index (χ3v) is 5.74. The van der Waals surface area contributed by atoms with Crippen LogP contribution in [0.4, 0.5) is 0 Å². The summed E-state index contributed by atoms with van der Waals surface area (Å²) in [6.45, 7) is 4.08. The van der Waals surface area contributed by atoms with Gasteiger partial charge >= 0.3 is 0 Å². The molecule has 2 heterocycles. The zero-order valence-electron chi connectivity index (χ0n) is 12.4. The zero-order chi connectivity index (χ0) is 15.0. The predicted molar refractivity (Wildman–Crippen MR) is 89.3 cm³/mol. The molecule has 112 valence electrons. The molecule has 0 bridgehead atoms. The first-order valence-corrected chi connectivity index (χ1v) is 9.08. The van der Waals surface area contributed by atoms with Gasteiger partial charge in [-0.1, -0.05) is 6.42 Å². The lowest BCUT2D eigenvalue weighted by molar-refractivity contribution is 0.103. The topological polar surface area (TPSA) is 34.9 Å². The van der Waals surface area contributed by atoms with Gasteiger partial charge in [0.2, 0.25) is 5.78 Å². The maximum atomic E-state index is 12.9. The lowest BCUT2D eigenvalue weighted by Gasteiger charge is -2.09. The molecule has 1 aliphatic rings. The number of nitrogens with zero attached hydrogens (tertiary/aromatic N) is 2. The molecule has 0 spiro atoms. The first-order chi connectivity index (χ1) is 10.1. The van der Waals surface area contributed by atoms with Gasteiger partial charge in [0, 0.05) is 10.9 Å². The minimum atomic E-state index is 0.0890. The fourth-order valence-electron chi connectivity index (χ4n) is 2.84. The molecule has 0 fully saturated rings. The van der Waals surface area contributed by atoms with Gasteiger partial charge in [-0.15, -0.1) is 11.3 Å². The highest BCUT2D eigenvalue weighted by Gasteiger charge is 2.23. The van der Waals surface area contributed by atoms with Gasteiger partial charge in [0.25, 0.3) is 0 Å². The van der Waals surface area contributed by atoms with Crippen LogP contribution in [0.3, 0.4) is 0 Å². The number of ketones is 1. The van der Waals surface area contributed by atoms with E-state index in [0.29, 0.717) is 5.69 Å². The van der Waals surface area contributed by atoms with Crippen LogP contribution in [0.25, 0.3) is 0 Å². The van der Waals surface area contributed by atoms with Gasteiger partial charge in [-0.2, -0.15) is 5.10 Å². The Morgan fingerprint density at radius 2 is 2.10 bits per heavy atom. The molecule has 21 heavy (non-hydrogen) atoms. The molecule has 0 unspecified atom stereocenters. The standard InChI is InChI=1S/C16H19BrN2OS/c1-10(2)19-15(12(17)9-18-19)16(20)14-8-11-6-4-3-5-7-13(11)21-14/h8-10H,3-7H2,1-2H3. The Morgan fingerprint density at radius 1 is 1.33 bits per heavy atom. The molecule has 2 aromatic rings. The molecule has 1 aliphatic carbocycles. The van der Waals surface area contributed by atoms with E-state index in [1.54, 1.807) is 22.2 Å². The second-order valence-corrected chi connectivity index (χ2v) is 7.82. The van der Waals surface area contributed by atoms with Crippen molar-refractivity contribution in [3.05, 3.63) is 37.7 Å². The number of fused-ring (bicyclic) bond motifs is 1. The Bertz CT molecular complexity index is 648. The summed E-state index contributed by atoms with van der Waals surface area (Å²) >= 11 is 5.14. The summed E-state index contributed by atoms with van der Waals surface area (Å²) in [6, 6.07) is 2.28. The van der Waals surface area contributed by atoms with Crippen molar-refractivity contribution in [3.8, 4) is 0 Å². The summed E-state index contributed by atoms with van der Waals surface area (Å²) in [7, 11) is 0. The van der Waals surface area contributed by atoms with Crippen LogP contribution in [0.5, 0.6) is 0 Å². The molecule has 0 saturated carbocycles. The third kappa shape index (κ3) is 2.86. The highest BCUT2D eigenvalue weighted by atomic mass is 79.9. The summed E-state index contributed by atoms with van der Waals surface area (Å²) in [5.41, 5.74) is 2.05. The Morgan fingerprint density at radius 3 is 2.86 bits per heavy atom. The van der Waals surface area contributed by atoms with Gasteiger partial charge in [0.05, 0.1) is 15.5 Å². The average Bonchev–Trinajstić information content (AvgIpc) is 2.96. The molecule has 0 aliphatic heterocycles. The third-order valence-electron chi connectivity index (χ3n) is 3.93. The summed E-state index contributed by atoms with van der Waals surface area (Å²) in [6.07, 6.45) is 7.74. The van der Waals surface area contributed by atoms with Crippen molar-refractivity contribution < 1.29 is 4.79 Å². The van der Waals surface area contributed by atoms with Crippen LogP contribution >= 0.6 is 27.3 Å². The smallest absolute Gasteiger partial charge is 0.222 e. The first-order valence-electron chi connectivity index (χ1n) is 7.47. The number of hydrogen-bond donors (Lipinski definition) is 0. The van der Waals surface area contributed by atoms with Crippen molar-refractivity contribution in [2.45, 2.75) is 52.0 Å². The number of carbonyl (C=O) groups excluding carboxylic acids is 1. The van der Waals surface area contributed by atoms with Crippen LogP contribution in [0.2, 0.25) is 0 Å². The average molecular weight is 367 g/mol. The fourth-order valence-corrected chi connectivity index (χ4v) is 4.49. The molecule has 0 aromatic carbocycles. The monoisotopic (exact) mass is 366 g/mol. The Kier molecular flexibility index (Phi) is 4.31. The molecule has 3 rings (SSSR count). The first kappa shape index (κ1) is 15.0. The summed E-state index contributed by atoms with van der Waals surface area (Å²) in [5, 5.41) is 4.31. The Hall–Kier alpha value is -0.940. The highest BCUT2D eigenvalue weighted by molar-refractivity contribution is 9.10. The minimum absolute atomic E-state index is 0.0890. The maximum absolute atomic E-state index is 12.9. The number of rotatable bonds is 3. The summed E-state index contributed by atoms with van der Waals surface area (Å²) in [5.74, 6) is 0.0890. The molecule has 0 saturated heterocycles. The van der Waals surface area contributed by atoms with E-state index in [4.69, 9.17) is 0 Å². The number of aryl methyl sites for hydroxylation is 2. The van der Waals surface area contributed by atoms with Crippen molar-refractivity contribution in [2.75, 3.05) is 0 Å². The molecule has 0 N–H and O–H groups in total. The van der Waals surface area contributed by atoms with Crippen LogP contribution in [-0.2, 0) is 12.8 Å². The van der Waals surface area contributed by atoms with Crippen molar-refractivity contribution in [1.29, 1.82) is 0 Å². The van der Waals surface area contributed by atoms with Gasteiger partial charge in [0.15, 0.2) is 0 Å². The molecule has 2 aromatic heterocycles. The normalized spacial score (nSPS) is 15.0. The number of carbonyl (C=O) groups is 1. The van der Waals surface area contributed by atoms with E-state index < -0.39 is 0 Å². The lowest BCUT2D eigenvalue weighted by Crippen LogP contribution is -2.13. The van der Waals surface area contributed by atoms with E-state index in [-0.39, 0.29) is 11.8 Å². The van der Waals surface area contributed by atoms with Crippen molar-refractivity contribution in [2.24, 2.45) is 0 Å². The van der Waals surface area contributed by atoms with Gasteiger partial charge in [-0.05, 0) is 67.1 Å². The number of thiophene rings is 1. The maximum Gasteiger partial charge on any atom is 0.222 e. The Balaban J connectivity index is 1.98. The predicted octanol–water partition coefficient (Wildman–Crippen LogP) is 4.79. The van der Waals surface area contributed by atoms with Crippen LogP contribution in [0, 0.1) is 0 Å². The van der Waals surface area contributed by atoms with Crippen LogP contribution in [0.15, 0.2) is 16.7 Å². The number of halogens is 1. The number of hydrogen-bond acceptors (Lipinski definition) is 3. The quantitative estimate of drug-likeness (QED) is 0.578. The number of aromatic nitrogens is 2. The van der Waals surface area contributed by atoms with Gasteiger partial charge < -0.3 is 0 Å². The van der Waals surface area contributed by atoms with E-state index in [0.717, 1.165) is 22.2 Å². The zero-order valence-corrected chi connectivity index (χ0v) is 14.8. The van der Waals surface area contributed by atoms with Crippen molar-refractivity contribution in [1.82, 2.24) is 9.78 Å². The second kappa shape index (κ2) is 6.05. The largest absolute Gasteiger partial charge is 0.286 e. The second-order valence-electron chi connectivity index (χ2n) is 5.83. The van der Waals surface area contributed by atoms with Crippen LogP contribution in [0.1, 0.15) is 65.0 Å². The van der Waals surface area contributed by atoms with Crippen LogP contribution < -0.4 is 0 Å². The molecule has 0 atom stereocenters. The Labute approximate surface area is 137 Å². The van der Waals surface area contributed by atoms with Gasteiger partial charge in [0.1, 0.15) is 5.69 Å². The summed E-state index contributed by atoms with van der Waals surface area (Å²) in [4.78, 5) is 15.1. The van der Waals surface area contributed by atoms with E-state index in [2.05, 4.69) is 27.1 Å². The van der Waals surface area contributed by atoms with Crippen molar-refractivity contribution in [3.63, 3.8) is 0 Å². The minimum Gasteiger partial charge on any atom is -0.286 e. The molecule has 0 radical (unpaired) electrons. The molecule has 3 nitrogen and oxygen atoms in total. The molecular formula is C16H19BrN2OS. The lowest BCUT2D eigenvalue weighted by atomic mass is 10.1. The summed E-state index contributed by atoms with van der Waals surface area (Å²) < 4.78 is 2.59. The molecule has 5 heteroatoms. The van der Waals surface area contributed by atoms with E-state index in [1.807, 2.05) is 13.8 Å². The molecule has 0 amide bonds. The van der Waals surface area contributed by atoms with E-state index in [1.165, 1.54) is 29.7 Å². The fraction of sp³-hybridized carbons (Fsp3) is 0.500. The molecular weight excluding hydrogens is 348 g/mol. The van der Waals surface area contributed by atoms with Gasteiger partial charge in [-0.25, -0.2) is 0 Å².